The molecular formula is C21H17FN4O4S. The first kappa shape index (κ1) is 20.4. The van der Waals surface area contributed by atoms with Gasteiger partial charge < -0.3 is 15.3 Å². The number of fused-ring (bicyclic) bond motifs is 1. The van der Waals surface area contributed by atoms with Crippen LogP contribution < -0.4 is 15.7 Å². The maximum atomic E-state index is 13.6. The zero-order chi connectivity index (χ0) is 22.2. The minimum atomic E-state index is -3.91. The Hall–Kier alpha value is -3.92. The Morgan fingerprint density at radius 3 is 2.29 bits per heavy atom. The Kier molecular flexibility index (Phi) is 5.07. The van der Waals surface area contributed by atoms with Gasteiger partial charge in [-0.1, -0.05) is 6.07 Å². The summed E-state index contributed by atoms with van der Waals surface area (Å²) in [5, 5.41) is 2.59. The SMILES string of the molecule is Cc1ccc(NC(=O)c2ccc(NS(=O)(=O)c3ccc4[nH]c(=O)[nH]c4c3)cc2)cc1F. The van der Waals surface area contributed by atoms with Crippen LogP contribution >= 0.6 is 0 Å². The molecular weight excluding hydrogens is 423 g/mol. The highest BCUT2D eigenvalue weighted by atomic mass is 32.2. The van der Waals surface area contributed by atoms with Gasteiger partial charge in [-0.25, -0.2) is 17.6 Å². The number of imidazole rings is 1. The smallest absolute Gasteiger partial charge is 0.322 e. The van der Waals surface area contributed by atoms with Crippen molar-refractivity contribution in [2.75, 3.05) is 10.0 Å². The van der Waals surface area contributed by atoms with E-state index < -0.39 is 27.4 Å². The van der Waals surface area contributed by atoms with E-state index in [1.807, 2.05) is 0 Å². The summed E-state index contributed by atoms with van der Waals surface area (Å²) in [5.74, 6) is -0.885. The third-order valence-corrected chi connectivity index (χ3v) is 6.01. The number of rotatable bonds is 5. The number of amides is 1. The molecule has 4 rings (SSSR count). The summed E-state index contributed by atoms with van der Waals surface area (Å²) in [6, 6.07) is 14.4. The second-order valence-corrected chi connectivity index (χ2v) is 8.57. The van der Waals surface area contributed by atoms with Crippen LogP contribution in [0, 0.1) is 12.7 Å². The van der Waals surface area contributed by atoms with E-state index in [0.717, 1.165) is 0 Å². The maximum absolute atomic E-state index is 13.6. The highest BCUT2D eigenvalue weighted by Crippen LogP contribution is 2.20. The number of benzene rings is 3. The fourth-order valence-corrected chi connectivity index (χ4v) is 4.04. The van der Waals surface area contributed by atoms with Crippen LogP contribution in [-0.4, -0.2) is 24.3 Å². The lowest BCUT2D eigenvalue weighted by Crippen LogP contribution is -2.14. The summed E-state index contributed by atoms with van der Waals surface area (Å²) in [7, 11) is -3.91. The molecule has 10 heteroatoms. The Balaban J connectivity index is 1.49. The standard InChI is InChI=1S/C21H17FN4O4S/c1-12-2-5-15(10-17(12)22)23-20(27)13-3-6-14(7-4-13)26-31(29,30)16-8-9-18-19(11-16)25-21(28)24-18/h2-11,26H,1H3,(H,23,27)(H2,24,25,28). The van der Waals surface area contributed by atoms with E-state index >= 15 is 0 Å². The van der Waals surface area contributed by atoms with Crippen molar-refractivity contribution in [1.29, 1.82) is 0 Å². The molecule has 31 heavy (non-hydrogen) atoms. The van der Waals surface area contributed by atoms with Crippen molar-refractivity contribution < 1.29 is 17.6 Å². The van der Waals surface area contributed by atoms with Crippen LogP contribution in [0.3, 0.4) is 0 Å². The van der Waals surface area contributed by atoms with Crippen LogP contribution in [-0.2, 0) is 10.0 Å². The van der Waals surface area contributed by atoms with Crippen LogP contribution in [0.4, 0.5) is 15.8 Å². The lowest BCUT2D eigenvalue weighted by Gasteiger charge is -2.10. The molecule has 0 fully saturated rings. The number of hydrogen-bond acceptors (Lipinski definition) is 4. The number of carbonyl (C=O) groups excluding carboxylic acids is 1. The topological polar surface area (TPSA) is 124 Å². The van der Waals surface area contributed by atoms with Crippen molar-refractivity contribution in [2.45, 2.75) is 11.8 Å². The van der Waals surface area contributed by atoms with E-state index in [2.05, 4.69) is 20.0 Å². The molecule has 1 heterocycles. The summed E-state index contributed by atoms with van der Waals surface area (Å²) in [6.45, 7) is 1.62. The third kappa shape index (κ3) is 4.33. The van der Waals surface area contributed by atoms with Gasteiger partial charge in [-0.3, -0.25) is 9.52 Å². The molecule has 0 saturated heterocycles. The highest BCUT2D eigenvalue weighted by Gasteiger charge is 2.16. The fraction of sp³-hybridized carbons (Fsp3) is 0.0476. The Bertz CT molecular complexity index is 1460. The number of halogens is 1. The number of anilines is 2. The molecule has 0 saturated carbocycles. The van der Waals surface area contributed by atoms with Gasteiger partial charge >= 0.3 is 5.69 Å². The molecule has 158 valence electrons. The molecule has 0 radical (unpaired) electrons. The van der Waals surface area contributed by atoms with Crippen molar-refractivity contribution in [3.63, 3.8) is 0 Å². The molecule has 4 aromatic rings. The van der Waals surface area contributed by atoms with E-state index in [9.17, 15) is 22.4 Å². The first-order valence-corrected chi connectivity index (χ1v) is 10.6. The van der Waals surface area contributed by atoms with Gasteiger partial charge in [0, 0.05) is 16.9 Å². The van der Waals surface area contributed by atoms with E-state index in [4.69, 9.17) is 0 Å². The van der Waals surface area contributed by atoms with Gasteiger partial charge in [0.2, 0.25) is 0 Å². The van der Waals surface area contributed by atoms with Gasteiger partial charge in [-0.15, -0.1) is 0 Å². The first-order chi connectivity index (χ1) is 14.7. The van der Waals surface area contributed by atoms with Gasteiger partial charge in [0.15, 0.2) is 0 Å². The molecule has 1 aromatic heterocycles. The number of sulfonamides is 1. The lowest BCUT2D eigenvalue weighted by molar-refractivity contribution is 0.102. The molecule has 0 aliphatic rings. The molecule has 3 aromatic carbocycles. The van der Waals surface area contributed by atoms with E-state index in [0.29, 0.717) is 22.3 Å². The van der Waals surface area contributed by atoms with Crippen LogP contribution in [0.1, 0.15) is 15.9 Å². The largest absolute Gasteiger partial charge is 0.323 e. The molecule has 1 amide bonds. The van der Waals surface area contributed by atoms with Crippen LogP contribution in [0.2, 0.25) is 0 Å². The number of aromatic nitrogens is 2. The molecule has 0 bridgehead atoms. The van der Waals surface area contributed by atoms with Crippen molar-refractivity contribution >= 4 is 38.3 Å². The first-order valence-electron chi connectivity index (χ1n) is 9.14. The summed E-state index contributed by atoms with van der Waals surface area (Å²) in [5.41, 5.74) is 1.74. The fourth-order valence-electron chi connectivity index (χ4n) is 2.96. The van der Waals surface area contributed by atoms with Gasteiger partial charge in [0.25, 0.3) is 15.9 Å². The number of H-pyrrole nitrogens is 2. The van der Waals surface area contributed by atoms with Gasteiger partial charge in [0.05, 0.1) is 15.9 Å². The average molecular weight is 440 g/mol. The molecule has 0 spiro atoms. The van der Waals surface area contributed by atoms with Crippen molar-refractivity contribution in [3.05, 3.63) is 88.1 Å². The molecule has 0 aliphatic heterocycles. The summed E-state index contributed by atoms with van der Waals surface area (Å²) in [4.78, 5) is 28.7. The summed E-state index contributed by atoms with van der Waals surface area (Å²) >= 11 is 0. The monoisotopic (exact) mass is 440 g/mol. The number of aryl methyl sites for hydroxylation is 1. The zero-order valence-corrected chi connectivity index (χ0v) is 17.0. The normalized spacial score (nSPS) is 11.4. The van der Waals surface area contributed by atoms with Crippen LogP contribution in [0.25, 0.3) is 11.0 Å². The lowest BCUT2D eigenvalue weighted by atomic mass is 10.1. The number of hydrogen-bond donors (Lipinski definition) is 4. The maximum Gasteiger partial charge on any atom is 0.323 e. The quantitative estimate of drug-likeness (QED) is 0.380. The van der Waals surface area contributed by atoms with Crippen molar-refractivity contribution in [1.82, 2.24) is 9.97 Å². The Morgan fingerprint density at radius 1 is 0.903 bits per heavy atom. The van der Waals surface area contributed by atoms with Crippen LogP contribution in [0.15, 0.2) is 70.4 Å². The van der Waals surface area contributed by atoms with Crippen molar-refractivity contribution in [2.24, 2.45) is 0 Å². The summed E-state index contributed by atoms with van der Waals surface area (Å²) in [6.07, 6.45) is 0. The molecule has 0 unspecified atom stereocenters. The zero-order valence-electron chi connectivity index (χ0n) is 16.2. The molecule has 4 N–H and O–H groups in total. The second-order valence-electron chi connectivity index (χ2n) is 6.89. The minimum absolute atomic E-state index is 0.0292. The third-order valence-electron chi connectivity index (χ3n) is 4.63. The second kappa shape index (κ2) is 7.73. The predicted molar refractivity (Wildman–Crippen MR) is 115 cm³/mol. The molecule has 0 aliphatic carbocycles. The Morgan fingerprint density at radius 2 is 1.58 bits per heavy atom. The number of aromatic amines is 2. The van der Waals surface area contributed by atoms with Gasteiger partial charge in [-0.2, -0.15) is 0 Å². The molecule has 0 atom stereocenters. The minimum Gasteiger partial charge on any atom is -0.322 e. The van der Waals surface area contributed by atoms with Gasteiger partial charge in [-0.05, 0) is 67.1 Å². The van der Waals surface area contributed by atoms with Crippen molar-refractivity contribution in [3.8, 4) is 0 Å². The summed E-state index contributed by atoms with van der Waals surface area (Å²) < 4.78 is 41.3. The van der Waals surface area contributed by atoms with E-state index in [-0.39, 0.29) is 16.1 Å². The van der Waals surface area contributed by atoms with E-state index in [1.165, 1.54) is 48.5 Å². The highest BCUT2D eigenvalue weighted by molar-refractivity contribution is 7.92. The average Bonchev–Trinajstić information content (AvgIpc) is 3.10. The van der Waals surface area contributed by atoms with E-state index in [1.54, 1.807) is 19.1 Å². The van der Waals surface area contributed by atoms with Crippen LogP contribution in [0.5, 0.6) is 0 Å². The van der Waals surface area contributed by atoms with Gasteiger partial charge in [0.1, 0.15) is 5.82 Å². The molecule has 8 nitrogen and oxygen atoms in total. The Labute approximate surface area is 176 Å². The number of carbonyl (C=O) groups is 1. The predicted octanol–water partition coefficient (Wildman–Crippen LogP) is 3.36. The number of nitrogens with one attached hydrogen (secondary N) is 4.